The van der Waals surface area contributed by atoms with Crippen molar-refractivity contribution >= 4 is 47.6 Å². The smallest absolute Gasteiger partial charge is 0.408 e. The van der Waals surface area contributed by atoms with Crippen LogP contribution in [-0.4, -0.2) is 210 Å². The monoisotopic (exact) mass is 1820 g/mol. The number of nitrogens with one attached hydrogen (secondary N) is 3. The molecular formula is C102H116N10O17S2. The molecular weight excluding hydrogens is 1700 g/mol. The van der Waals surface area contributed by atoms with Crippen molar-refractivity contribution in [3.63, 3.8) is 0 Å². The van der Waals surface area contributed by atoms with Crippen molar-refractivity contribution in [2.45, 2.75) is 190 Å². The molecule has 0 aromatic heterocycles. The molecule has 2 aliphatic carbocycles. The van der Waals surface area contributed by atoms with Crippen LogP contribution in [0.4, 0.5) is 9.59 Å². The van der Waals surface area contributed by atoms with E-state index in [2.05, 4.69) is 153 Å². The Labute approximate surface area is 773 Å². The number of aryl methyl sites for hydroxylation is 2. The molecule has 8 N–H and O–H groups in total. The molecule has 688 valence electrons. The van der Waals surface area contributed by atoms with Crippen LogP contribution in [0.1, 0.15) is 167 Å². The van der Waals surface area contributed by atoms with E-state index >= 15 is 0 Å². The second-order valence-corrected chi connectivity index (χ2v) is 39.1. The van der Waals surface area contributed by atoms with Gasteiger partial charge in [-0.2, -0.15) is 34.0 Å². The summed E-state index contributed by atoms with van der Waals surface area (Å²) in [5, 5.41) is 63.2. The fourth-order valence-electron chi connectivity index (χ4n) is 21.8. The Morgan fingerprint density at radius 2 is 0.924 bits per heavy atom. The van der Waals surface area contributed by atoms with E-state index in [1.807, 2.05) is 59.0 Å². The number of phenolic OH excluding ortho intramolecular Hbond substituents is 2. The highest BCUT2D eigenvalue weighted by Gasteiger charge is 2.59. The lowest BCUT2D eigenvalue weighted by atomic mass is 9.71. The Balaban J connectivity index is 0.000000160. The lowest BCUT2D eigenvalue weighted by molar-refractivity contribution is -0.138. The number of carboxylic acid groups (broad SMARTS) is 1. The minimum Gasteiger partial charge on any atom is -0.504 e. The van der Waals surface area contributed by atoms with Gasteiger partial charge >= 0.3 is 18.2 Å². The summed E-state index contributed by atoms with van der Waals surface area (Å²) in [6.45, 7) is 27.2. The predicted octanol–water partition coefficient (Wildman–Crippen LogP) is 15.2. The summed E-state index contributed by atoms with van der Waals surface area (Å²) in [4.78, 5) is 60.6. The van der Waals surface area contributed by atoms with Gasteiger partial charge in [-0.3, -0.25) is 24.4 Å². The second-order valence-electron chi connectivity index (χ2n) is 36.9. The van der Waals surface area contributed by atoms with Crippen LogP contribution >= 0.6 is 23.5 Å². The molecule has 8 aromatic carbocycles. The van der Waals surface area contributed by atoms with Crippen LogP contribution in [0, 0.1) is 50.4 Å². The standard InChI is InChI=1S/C51H57N5O8S.C29H34N4O5.C22H25NO4S/c1-9-18-61-46-28(3)47-48(63-26-62-47)42-34(46)21-38-43-41-29(19-27(2)45(60-8)44(41)57)20-37(55(43)7)39(22-52)56(38)40(42)23-53-49(58)36(54-50(59)64-51(4,5)6)25-65-24-35-32-16-12-10-14-30(32)31-15-11-13-17-33(31)35;1-6-7-36-27-15(3)28-29(38-13-37-28)23-17(27)10-19-24-22-16(8-14(2)26(35-5)25(22)34)9-18(32(24)4)20(11-30)33(19)21(23)12-31;1-22(2,3)27-21(26)23-19(20(24)25)13-28-12-18-16-10-6-4-8-14(16)15-9-5-7-11-17(15)18/h9-17,19,35-40,43,57H,1,18,20-21,23-26H2,2-8H3,(H,53,58)(H,54,59);6,8,18-21,24,34H,1,7,9-10,12-13,31H2,2-5H3;4-11,18-19H,12-13H2,1-3H3,(H,23,26)(H,24,25)/t36-,37-,38?,39-,40-,43-;18-,19?,20-,21-,24-;19-/m000/s1. The van der Waals surface area contributed by atoms with Gasteiger partial charge in [0.05, 0.1) is 50.5 Å². The van der Waals surface area contributed by atoms with E-state index in [1.54, 1.807) is 79.7 Å². The zero-order chi connectivity index (χ0) is 93.1. The Kier molecular flexibility index (Phi) is 26.7. The Hall–Kier alpha value is -11.8. The number of alkyl carbamates (subject to hydrolysis) is 2. The van der Waals surface area contributed by atoms with Gasteiger partial charge in [0.15, 0.2) is 46.0 Å². The molecule has 2 saturated heterocycles. The van der Waals surface area contributed by atoms with E-state index in [-0.39, 0.29) is 104 Å². The molecule has 8 aromatic rings. The normalized spacial score (nSPS) is 21.8. The van der Waals surface area contributed by atoms with Crippen LogP contribution in [0.15, 0.2) is 135 Å². The van der Waals surface area contributed by atoms with Gasteiger partial charge in [0.1, 0.15) is 60.1 Å². The van der Waals surface area contributed by atoms with Gasteiger partial charge in [-0.1, -0.05) is 135 Å². The van der Waals surface area contributed by atoms with E-state index in [1.165, 1.54) is 56.3 Å². The van der Waals surface area contributed by atoms with Gasteiger partial charge in [-0.05, 0) is 176 Å². The van der Waals surface area contributed by atoms with Crippen molar-refractivity contribution in [2.75, 3.05) is 91.2 Å². The third-order valence-electron chi connectivity index (χ3n) is 27.0. The molecule has 3 amide bonds. The number of ether oxygens (including phenoxy) is 10. The average Bonchev–Trinajstić information content (AvgIpc) is 1.30. The molecule has 0 spiro atoms. The summed E-state index contributed by atoms with van der Waals surface area (Å²) >= 11 is 3.12. The lowest BCUT2D eigenvalue weighted by Gasteiger charge is -2.60. The summed E-state index contributed by atoms with van der Waals surface area (Å²) in [6, 6.07) is 37.7. The number of likely N-dealkylation sites (N-methyl/N-ethyl adjacent to an activating group) is 2. The quantitative estimate of drug-likeness (QED) is 0.0293. The van der Waals surface area contributed by atoms with Gasteiger partial charge in [-0.25, -0.2) is 14.4 Å². The third-order valence-corrected chi connectivity index (χ3v) is 29.3. The number of aromatic hydroxyl groups is 2. The summed E-state index contributed by atoms with van der Waals surface area (Å²) in [6.07, 6.45) is 4.20. The zero-order valence-corrected chi connectivity index (χ0v) is 78.2. The van der Waals surface area contributed by atoms with Crippen molar-refractivity contribution in [3.8, 4) is 91.9 Å². The number of carbonyl (C=O) groups is 4. The number of fused-ring (bicyclic) bond motifs is 24. The highest BCUT2D eigenvalue weighted by atomic mass is 32.2. The molecule has 0 radical (unpaired) electrons. The molecule has 8 heterocycles. The first-order valence-corrected chi connectivity index (χ1v) is 46.9. The number of nitrogens with zero attached hydrogens (tertiary/aromatic N) is 6. The number of phenols is 2. The summed E-state index contributed by atoms with van der Waals surface area (Å²) in [5.74, 6) is 5.89. The maximum absolute atomic E-state index is 14.8. The van der Waals surface area contributed by atoms with Crippen LogP contribution in [0.3, 0.4) is 0 Å². The van der Waals surface area contributed by atoms with Gasteiger partial charge in [0.2, 0.25) is 19.5 Å². The number of nitriles is 2. The van der Waals surface area contributed by atoms with E-state index in [4.69, 9.17) is 53.1 Å². The number of aliphatic carboxylic acids is 1. The number of rotatable bonds is 23. The molecule has 0 saturated carbocycles. The average molecular weight is 1820 g/mol. The van der Waals surface area contributed by atoms with E-state index in [0.717, 1.165) is 78.3 Å². The molecule has 2 fully saturated rings. The number of hydrogen-bond acceptors (Lipinski definition) is 25. The second kappa shape index (κ2) is 37.8. The largest absolute Gasteiger partial charge is 0.504 e. The maximum Gasteiger partial charge on any atom is 0.408 e. The number of thioether (sulfide) groups is 2. The molecule has 18 rings (SSSR count). The van der Waals surface area contributed by atoms with Crippen LogP contribution in [0.5, 0.6) is 57.5 Å². The van der Waals surface area contributed by atoms with Crippen LogP contribution in [-0.2, 0) is 44.7 Å². The zero-order valence-electron chi connectivity index (χ0n) is 76.6. The van der Waals surface area contributed by atoms with E-state index < -0.39 is 65.5 Å². The van der Waals surface area contributed by atoms with E-state index in [9.17, 15) is 45.0 Å². The Bertz CT molecular complexity index is 5810. The number of nitrogens with two attached hydrogens (primary N) is 1. The highest BCUT2D eigenvalue weighted by Crippen LogP contribution is 2.62. The highest BCUT2D eigenvalue weighted by molar-refractivity contribution is 7.99. The third kappa shape index (κ3) is 17.1. The summed E-state index contributed by atoms with van der Waals surface area (Å²) < 4.78 is 59.2. The maximum atomic E-state index is 14.8. The number of amides is 3. The molecule has 29 heteroatoms. The fourth-order valence-corrected chi connectivity index (χ4v) is 24.2. The first-order valence-electron chi connectivity index (χ1n) is 44.5. The van der Waals surface area contributed by atoms with E-state index in [0.29, 0.717) is 84.8 Å². The Morgan fingerprint density at radius 1 is 0.550 bits per heavy atom. The molecule has 2 unspecified atom stereocenters. The predicted molar refractivity (Wildman–Crippen MR) is 502 cm³/mol. The molecule has 4 bridgehead atoms. The van der Waals surface area contributed by atoms with Crippen molar-refractivity contribution in [1.29, 1.82) is 10.5 Å². The first kappa shape index (κ1) is 92.5. The van der Waals surface area contributed by atoms with Gasteiger partial charge < -0.3 is 84.4 Å². The molecule has 12 atom stereocenters. The van der Waals surface area contributed by atoms with Crippen molar-refractivity contribution in [3.05, 3.63) is 224 Å². The number of carbonyl (C=O) groups excluding carboxylic acids is 3. The SMILES string of the molecule is C=CCOc1c(C)c2c(c3c1CC1[C@H]4c5c(cc(C)c(OC)c5O)C[C@@H]([C@H](C#N)N1[C@H]3CN)N4C)OCO2.C=CCOc1c(C)c2c(c3c1CC1[C@H]4c5c(cc(C)c(OC)c5O)C[C@@H]([C@H](C#N)N1[C@H]3CNC(=O)[C@H](CSCC1c3ccccc3-c3ccccc31)NC(=O)OC(C)(C)C)N4C)OCO2.CC(C)(C)OC(=O)N[C@@H](CSCC1c2ccccc2-c2ccccc21)C(=O)O. The van der Waals surface area contributed by atoms with Gasteiger partial charge in [0.25, 0.3) is 0 Å². The first-order chi connectivity index (χ1) is 62.9. The number of methoxy groups -OCH3 is 2. The van der Waals surface area contributed by atoms with Crippen molar-refractivity contribution in [1.82, 2.24) is 35.6 Å². The lowest BCUT2D eigenvalue weighted by Crippen LogP contribution is -2.69. The van der Waals surface area contributed by atoms with Crippen LogP contribution in [0.2, 0.25) is 0 Å². The minimum absolute atomic E-state index is 0.00113. The minimum atomic E-state index is -1.06. The van der Waals surface area contributed by atoms with Gasteiger partial charge in [0, 0.05) is 117 Å². The van der Waals surface area contributed by atoms with Crippen LogP contribution < -0.4 is 59.6 Å². The molecule has 27 nitrogen and oxygen atoms in total. The van der Waals surface area contributed by atoms with Gasteiger partial charge in [-0.15, -0.1) is 0 Å². The summed E-state index contributed by atoms with van der Waals surface area (Å²) in [5.41, 5.74) is 25.6. The Morgan fingerprint density at radius 3 is 1.30 bits per heavy atom. The van der Waals surface area contributed by atoms with Crippen LogP contribution in [0.25, 0.3) is 22.3 Å². The fraction of sp³-hybridized carbons (Fsp3) is 0.431. The topological polar surface area (TPSA) is 344 Å². The van der Waals surface area contributed by atoms with Crippen molar-refractivity contribution in [2.24, 2.45) is 5.73 Å². The number of hydrogen-bond donors (Lipinski definition) is 7. The molecule has 8 aliphatic heterocycles. The summed E-state index contributed by atoms with van der Waals surface area (Å²) in [7, 11) is 7.21. The number of piperazine rings is 2. The number of carboxylic acids is 1. The number of benzene rings is 8. The molecule has 10 aliphatic rings. The van der Waals surface area contributed by atoms with Crippen molar-refractivity contribution < 1.29 is 81.9 Å². The molecule has 131 heavy (non-hydrogen) atoms.